The number of carbonyl (C=O) groups is 2. The van der Waals surface area contributed by atoms with Gasteiger partial charge in [-0.2, -0.15) is 0 Å². The van der Waals surface area contributed by atoms with Gasteiger partial charge in [0.2, 0.25) is 5.91 Å². The van der Waals surface area contributed by atoms with Crippen LogP contribution in [0.15, 0.2) is 24.3 Å². The highest BCUT2D eigenvalue weighted by Crippen LogP contribution is 2.23. The quantitative estimate of drug-likeness (QED) is 0.781. The molecule has 1 saturated heterocycles. The molecule has 0 radical (unpaired) electrons. The molecule has 0 saturated carbocycles. The first-order valence-electron chi connectivity index (χ1n) is 9.55. The van der Waals surface area contributed by atoms with Crippen LogP contribution in [-0.2, 0) is 9.53 Å². The van der Waals surface area contributed by atoms with Gasteiger partial charge in [0.25, 0.3) is 0 Å². The van der Waals surface area contributed by atoms with E-state index in [4.69, 9.17) is 4.74 Å². The summed E-state index contributed by atoms with van der Waals surface area (Å²) in [5.41, 5.74) is 2.05. The minimum atomic E-state index is -0.228. The Labute approximate surface area is 156 Å². The minimum Gasteiger partial charge on any atom is -0.450 e. The lowest BCUT2D eigenvalue weighted by Crippen LogP contribution is -2.45. The lowest BCUT2D eigenvalue weighted by atomic mass is 10.0. The molecule has 2 amide bonds. The molecule has 0 unspecified atom stereocenters. The highest BCUT2D eigenvalue weighted by Gasteiger charge is 2.23. The number of ether oxygens (including phenoxy) is 1. The third kappa shape index (κ3) is 6.02. The lowest BCUT2D eigenvalue weighted by Gasteiger charge is -2.31. The summed E-state index contributed by atoms with van der Waals surface area (Å²) in [6, 6.07) is 8.28. The van der Waals surface area contributed by atoms with Gasteiger partial charge in [-0.05, 0) is 37.3 Å². The zero-order valence-corrected chi connectivity index (χ0v) is 16.1. The van der Waals surface area contributed by atoms with Crippen LogP contribution in [0.2, 0.25) is 0 Å². The standard InChI is InChI=1S/C20H31N3O3/c1-4-26-20(25)23-13-10-16(11-14-23)21-12-9-19(24)22-18-8-6-5-7-17(18)15(2)3/h5-8,15-16,21H,4,9-14H2,1-3H3,(H,22,24). The molecule has 0 bridgehead atoms. The molecule has 1 heterocycles. The molecule has 0 atom stereocenters. The zero-order valence-electron chi connectivity index (χ0n) is 16.1. The van der Waals surface area contributed by atoms with Gasteiger partial charge >= 0.3 is 6.09 Å². The van der Waals surface area contributed by atoms with Crippen molar-refractivity contribution in [3.63, 3.8) is 0 Å². The Morgan fingerprint density at radius 1 is 1.23 bits per heavy atom. The van der Waals surface area contributed by atoms with Crippen molar-refractivity contribution in [1.82, 2.24) is 10.2 Å². The first-order valence-corrected chi connectivity index (χ1v) is 9.55. The Morgan fingerprint density at radius 3 is 2.58 bits per heavy atom. The van der Waals surface area contributed by atoms with Crippen molar-refractivity contribution in [2.75, 3.05) is 31.6 Å². The van der Waals surface area contributed by atoms with Crippen molar-refractivity contribution in [2.45, 2.75) is 52.0 Å². The van der Waals surface area contributed by atoms with E-state index in [1.54, 1.807) is 4.90 Å². The number of nitrogens with one attached hydrogen (secondary N) is 2. The van der Waals surface area contributed by atoms with Crippen molar-refractivity contribution in [2.24, 2.45) is 0 Å². The Morgan fingerprint density at radius 2 is 1.92 bits per heavy atom. The number of benzene rings is 1. The largest absolute Gasteiger partial charge is 0.450 e. The van der Waals surface area contributed by atoms with Gasteiger partial charge in [0, 0.05) is 37.8 Å². The molecule has 2 rings (SSSR count). The Bertz CT molecular complexity index is 596. The van der Waals surface area contributed by atoms with Gasteiger partial charge < -0.3 is 20.3 Å². The fourth-order valence-corrected chi connectivity index (χ4v) is 3.20. The smallest absolute Gasteiger partial charge is 0.409 e. The molecule has 0 aliphatic carbocycles. The second-order valence-corrected chi connectivity index (χ2v) is 6.95. The van der Waals surface area contributed by atoms with Gasteiger partial charge in [0.1, 0.15) is 0 Å². The average molecular weight is 361 g/mol. The van der Waals surface area contributed by atoms with Crippen molar-refractivity contribution >= 4 is 17.7 Å². The van der Waals surface area contributed by atoms with Crippen molar-refractivity contribution in [3.8, 4) is 0 Å². The maximum absolute atomic E-state index is 12.2. The van der Waals surface area contributed by atoms with Crippen LogP contribution < -0.4 is 10.6 Å². The number of carbonyl (C=O) groups excluding carboxylic acids is 2. The van der Waals surface area contributed by atoms with Crippen LogP contribution in [0.3, 0.4) is 0 Å². The molecular weight excluding hydrogens is 330 g/mol. The van der Waals surface area contributed by atoms with Crippen molar-refractivity contribution in [1.29, 1.82) is 0 Å². The third-order valence-electron chi connectivity index (χ3n) is 4.66. The summed E-state index contributed by atoms with van der Waals surface area (Å²) in [5.74, 6) is 0.392. The molecule has 26 heavy (non-hydrogen) atoms. The topological polar surface area (TPSA) is 70.7 Å². The molecule has 6 heteroatoms. The van der Waals surface area contributed by atoms with Crippen LogP contribution in [-0.4, -0.2) is 49.2 Å². The van der Waals surface area contributed by atoms with Crippen LogP contribution in [0.1, 0.15) is 51.5 Å². The fourth-order valence-electron chi connectivity index (χ4n) is 3.20. The number of hydrogen-bond acceptors (Lipinski definition) is 4. The van der Waals surface area contributed by atoms with Gasteiger partial charge in [0.15, 0.2) is 0 Å². The summed E-state index contributed by atoms with van der Waals surface area (Å²) in [4.78, 5) is 25.7. The van der Waals surface area contributed by atoms with Crippen molar-refractivity contribution in [3.05, 3.63) is 29.8 Å². The minimum absolute atomic E-state index is 0.0227. The maximum atomic E-state index is 12.2. The molecular formula is C20H31N3O3. The highest BCUT2D eigenvalue weighted by atomic mass is 16.6. The molecule has 1 aliphatic rings. The predicted molar refractivity (Wildman–Crippen MR) is 103 cm³/mol. The van der Waals surface area contributed by atoms with E-state index < -0.39 is 0 Å². The summed E-state index contributed by atoms with van der Waals surface area (Å²) in [6.07, 6.45) is 1.98. The molecule has 1 aromatic rings. The average Bonchev–Trinajstić information content (AvgIpc) is 2.62. The van der Waals surface area contributed by atoms with Gasteiger partial charge in [-0.1, -0.05) is 32.0 Å². The Kier molecular flexibility index (Phi) is 7.91. The molecule has 144 valence electrons. The van der Waals surface area contributed by atoms with Crippen LogP contribution in [0.5, 0.6) is 0 Å². The van der Waals surface area contributed by atoms with E-state index in [1.807, 2.05) is 25.1 Å². The number of hydrogen-bond donors (Lipinski definition) is 2. The monoisotopic (exact) mass is 361 g/mol. The van der Waals surface area contributed by atoms with Crippen LogP contribution in [0, 0.1) is 0 Å². The van der Waals surface area contributed by atoms with Crippen molar-refractivity contribution < 1.29 is 14.3 Å². The number of nitrogens with zero attached hydrogens (tertiary/aromatic N) is 1. The van der Waals surface area contributed by atoms with E-state index in [2.05, 4.69) is 30.5 Å². The highest BCUT2D eigenvalue weighted by molar-refractivity contribution is 5.91. The third-order valence-corrected chi connectivity index (χ3v) is 4.66. The Hall–Kier alpha value is -2.08. The molecule has 6 nitrogen and oxygen atoms in total. The van der Waals surface area contributed by atoms with Gasteiger partial charge in [-0.3, -0.25) is 4.79 Å². The van der Waals surface area contributed by atoms with Gasteiger partial charge in [0.05, 0.1) is 6.61 Å². The molecule has 2 N–H and O–H groups in total. The SMILES string of the molecule is CCOC(=O)N1CCC(NCCC(=O)Nc2ccccc2C(C)C)CC1. The van der Waals surface area contributed by atoms with Crippen LogP contribution >= 0.6 is 0 Å². The first kappa shape index (κ1) is 20.2. The number of anilines is 1. The molecule has 0 spiro atoms. The zero-order chi connectivity index (χ0) is 18.9. The number of likely N-dealkylation sites (tertiary alicyclic amines) is 1. The number of piperidine rings is 1. The van der Waals surface area contributed by atoms with Crippen LogP contribution in [0.25, 0.3) is 0 Å². The summed E-state index contributed by atoms with van der Waals surface area (Å²) in [7, 11) is 0. The molecule has 1 aliphatic heterocycles. The van der Waals surface area contributed by atoms with E-state index in [1.165, 1.54) is 0 Å². The summed E-state index contributed by atoms with van der Waals surface area (Å²) >= 11 is 0. The summed E-state index contributed by atoms with van der Waals surface area (Å²) < 4.78 is 5.03. The molecule has 0 aromatic heterocycles. The number of amides is 2. The second-order valence-electron chi connectivity index (χ2n) is 6.95. The predicted octanol–water partition coefficient (Wildman–Crippen LogP) is 3.35. The van der Waals surface area contributed by atoms with E-state index in [0.29, 0.717) is 44.6 Å². The second kappa shape index (κ2) is 10.2. The van der Waals surface area contributed by atoms with E-state index in [-0.39, 0.29) is 12.0 Å². The summed E-state index contributed by atoms with van der Waals surface area (Å²) in [6.45, 7) is 8.50. The number of para-hydroxylation sites is 1. The lowest BCUT2D eigenvalue weighted by molar-refractivity contribution is -0.116. The van der Waals surface area contributed by atoms with Crippen LogP contribution in [0.4, 0.5) is 10.5 Å². The maximum Gasteiger partial charge on any atom is 0.409 e. The Balaban J connectivity index is 1.69. The molecule has 1 fully saturated rings. The summed E-state index contributed by atoms with van der Waals surface area (Å²) in [5, 5.41) is 6.44. The van der Waals surface area contributed by atoms with E-state index >= 15 is 0 Å². The van der Waals surface area contributed by atoms with E-state index in [9.17, 15) is 9.59 Å². The first-order chi connectivity index (χ1) is 12.5. The van der Waals surface area contributed by atoms with Gasteiger partial charge in [-0.15, -0.1) is 0 Å². The molecule has 1 aromatic carbocycles. The normalized spacial score (nSPS) is 15.2. The fraction of sp³-hybridized carbons (Fsp3) is 0.600. The van der Waals surface area contributed by atoms with E-state index in [0.717, 1.165) is 24.1 Å². The number of rotatable bonds is 7. The van der Waals surface area contributed by atoms with Gasteiger partial charge in [-0.25, -0.2) is 4.79 Å².